The van der Waals surface area contributed by atoms with Gasteiger partial charge in [-0.25, -0.2) is 0 Å². The molecule has 1 spiro atoms. The van der Waals surface area contributed by atoms with Gasteiger partial charge in [-0.1, -0.05) is 27.7 Å². The van der Waals surface area contributed by atoms with Crippen molar-refractivity contribution in [1.29, 1.82) is 0 Å². The molecular weight excluding hydrogens is 360 g/mol. The Kier molecular flexibility index (Phi) is 7.00. The summed E-state index contributed by atoms with van der Waals surface area (Å²) in [6.45, 7) is 11.2. The molecule has 166 valence electrons. The van der Waals surface area contributed by atoms with Gasteiger partial charge in [-0.15, -0.1) is 0 Å². The van der Waals surface area contributed by atoms with Crippen LogP contribution in [0.25, 0.3) is 0 Å². The number of hydrogen-bond acceptors (Lipinski definition) is 2. The van der Waals surface area contributed by atoms with Crippen LogP contribution in [0.2, 0.25) is 0 Å². The number of hydrogen-bond donors (Lipinski definition) is 0. The highest BCUT2D eigenvalue weighted by atomic mass is 16.2. The smallest absolute Gasteiger partial charge is 0.227 e. The van der Waals surface area contributed by atoms with Crippen LogP contribution in [0.1, 0.15) is 91.9 Å². The Bertz CT molecular complexity index is 568. The van der Waals surface area contributed by atoms with Gasteiger partial charge in [0.1, 0.15) is 0 Å². The quantitative estimate of drug-likeness (QED) is 0.655. The van der Waals surface area contributed by atoms with Crippen molar-refractivity contribution in [3.05, 3.63) is 0 Å². The second kappa shape index (κ2) is 8.98. The maximum Gasteiger partial charge on any atom is 0.227 e. The molecule has 0 bridgehead atoms. The predicted octanol–water partition coefficient (Wildman–Crippen LogP) is 5.12. The lowest BCUT2D eigenvalue weighted by atomic mass is 9.65. The highest BCUT2D eigenvalue weighted by Gasteiger charge is 2.41. The number of amides is 2. The van der Waals surface area contributed by atoms with Crippen LogP contribution in [-0.2, 0) is 9.59 Å². The van der Waals surface area contributed by atoms with E-state index in [4.69, 9.17) is 0 Å². The molecule has 0 aromatic heterocycles. The van der Waals surface area contributed by atoms with E-state index < -0.39 is 0 Å². The van der Waals surface area contributed by atoms with Gasteiger partial charge in [0, 0.05) is 38.0 Å². The van der Waals surface area contributed by atoms with Gasteiger partial charge >= 0.3 is 0 Å². The molecule has 0 N–H and O–H groups in total. The van der Waals surface area contributed by atoms with E-state index in [2.05, 4.69) is 11.8 Å². The normalized spacial score (nSPS) is 28.4. The molecule has 4 heteroatoms. The molecule has 2 aliphatic carbocycles. The van der Waals surface area contributed by atoms with E-state index in [-0.39, 0.29) is 11.3 Å². The largest absolute Gasteiger partial charge is 0.345 e. The summed E-state index contributed by atoms with van der Waals surface area (Å²) in [6, 6.07) is 0. The molecule has 1 heterocycles. The summed E-state index contributed by atoms with van der Waals surface area (Å²) < 4.78 is 0. The fraction of sp³-hybridized carbons (Fsp3) is 0.920. The third-order valence-corrected chi connectivity index (χ3v) is 8.19. The van der Waals surface area contributed by atoms with Crippen molar-refractivity contribution in [3.63, 3.8) is 0 Å². The van der Waals surface area contributed by atoms with E-state index in [0.29, 0.717) is 23.1 Å². The second-order valence-corrected chi connectivity index (χ2v) is 11.7. The highest BCUT2D eigenvalue weighted by molar-refractivity contribution is 5.81. The number of likely N-dealkylation sites (tertiary alicyclic amines) is 1. The monoisotopic (exact) mass is 404 g/mol. The second-order valence-electron chi connectivity index (χ2n) is 11.7. The van der Waals surface area contributed by atoms with Gasteiger partial charge in [-0.3, -0.25) is 9.59 Å². The van der Waals surface area contributed by atoms with Crippen LogP contribution in [0.3, 0.4) is 0 Å². The number of rotatable bonds is 3. The molecule has 0 aromatic rings. The molecule has 0 atom stereocenters. The topological polar surface area (TPSA) is 40.6 Å². The van der Waals surface area contributed by atoms with Crippen LogP contribution in [0, 0.1) is 28.6 Å². The first-order chi connectivity index (χ1) is 13.6. The van der Waals surface area contributed by atoms with Gasteiger partial charge in [0.15, 0.2) is 0 Å². The Morgan fingerprint density at radius 3 is 2.00 bits per heavy atom. The Labute approximate surface area is 178 Å². The lowest BCUT2D eigenvalue weighted by molar-refractivity contribution is -0.142. The average molecular weight is 405 g/mol. The number of carbonyl (C=O) groups excluding carboxylic acids is 2. The number of nitrogens with zero attached hydrogens (tertiary/aromatic N) is 2. The molecular formula is C25H44N2O2. The van der Waals surface area contributed by atoms with Gasteiger partial charge in [-0.05, 0) is 81.5 Å². The minimum Gasteiger partial charge on any atom is -0.345 e. The predicted molar refractivity (Wildman–Crippen MR) is 118 cm³/mol. The van der Waals surface area contributed by atoms with Crippen LogP contribution in [0.4, 0.5) is 0 Å². The molecule has 1 aliphatic heterocycles. The summed E-state index contributed by atoms with van der Waals surface area (Å²) in [4.78, 5) is 29.5. The molecule has 3 aliphatic rings. The highest BCUT2D eigenvalue weighted by Crippen LogP contribution is 2.47. The molecule has 3 fully saturated rings. The minimum atomic E-state index is -0.268. The van der Waals surface area contributed by atoms with E-state index in [1.54, 1.807) is 0 Å². The zero-order chi connectivity index (χ0) is 21.2. The maximum atomic E-state index is 12.8. The van der Waals surface area contributed by atoms with Crippen molar-refractivity contribution in [2.45, 2.75) is 91.9 Å². The molecule has 3 rings (SSSR count). The minimum absolute atomic E-state index is 0.268. The molecule has 2 amide bonds. The van der Waals surface area contributed by atoms with Crippen LogP contribution in [-0.4, -0.2) is 48.3 Å². The lowest BCUT2D eigenvalue weighted by Crippen LogP contribution is -2.48. The van der Waals surface area contributed by atoms with Crippen molar-refractivity contribution in [2.75, 3.05) is 26.7 Å². The van der Waals surface area contributed by atoms with E-state index in [9.17, 15) is 9.59 Å². The molecule has 29 heavy (non-hydrogen) atoms. The van der Waals surface area contributed by atoms with Gasteiger partial charge in [0.05, 0.1) is 0 Å². The molecule has 2 saturated carbocycles. The molecule has 0 unspecified atom stereocenters. The summed E-state index contributed by atoms with van der Waals surface area (Å²) in [5, 5.41) is 0. The van der Waals surface area contributed by atoms with Crippen LogP contribution in [0.15, 0.2) is 0 Å². The standard InChI is InChI=1S/C25H44N2O2/c1-19-6-8-21(9-7-19)22(28)26(5)18-20-10-12-25(13-11-20)14-16-27(17-15-25)23(29)24(2,3)4/h19-21H,6-18H2,1-5H3. The van der Waals surface area contributed by atoms with E-state index in [1.807, 2.05) is 32.7 Å². The number of carbonyl (C=O) groups is 2. The molecule has 0 aromatic carbocycles. The summed E-state index contributed by atoms with van der Waals surface area (Å²) in [7, 11) is 2.03. The first kappa shape index (κ1) is 22.6. The Balaban J connectivity index is 1.42. The van der Waals surface area contributed by atoms with Gasteiger partial charge in [-0.2, -0.15) is 0 Å². The zero-order valence-electron chi connectivity index (χ0n) is 19.6. The van der Waals surface area contributed by atoms with E-state index in [0.717, 1.165) is 51.2 Å². The summed E-state index contributed by atoms with van der Waals surface area (Å²) in [6.07, 6.45) is 12.0. The summed E-state index contributed by atoms with van der Waals surface area (Å²) >= 11 is 0. The fourth-order valence-electron chi connectivity index (χ4n) is 5.93. The van der Waals surface area contributed by atoms with E-state index in [1.165, 1.54) is 38.5 Å². The van der Waals surface area contributed by atoms with Crippen molar-refractivity contribution < 1.29 is 9.59 Å². The van der Waals surface area contributed by atoms with Gasteiger partial charge in [0.2, 0.25) is 11.8 Å². The Morgan fingerprint density at radius 2 is 1.48 bits per heavy atom. The Morgan fingerprint density at radius 1 is 0.931 bits per heavy atom. The van der Waals surface area contributed by atoms with Crippen molar-refractivity contribution >= 4 is 11.8 Å². The van der Waals surface area contributed by atoms with Gasteiger partial charge < -0.3 is 9.80 Å². The van der Waals surface area contributed by atoms with Crippen LogP contribution in [0.5, 0.6) is 0 Å². The lowest BCUT2D eigenvalue weighted by Gasteiger charge is -2.47. The average Bonchev–Trinajstić information content (AvgIpc) is 2.69. The summed E-state index contributed by atoms with van der Waals surface area (Å²) in [5.74, 6) is 2.43. The molecule has 0 radical (unpaired) electrons. The fourth-order valence-corrected chi connectivity index (χ4v) is 5.93. The van der Waals surface area contributed by atoms with Crippen molar-refractivity contribution in [2.24, 2.45) is 28.6 Å². The molecule has 1 saturated heterocycles. The van der Waals surface area contributed by atoms with E-state index >= 15 is 0 Å². The van der Waals surface area contributed by atoms with Gasteiger partial charge in [0.25, 0.3) is 0 Å². The third kappa shape index (κ3) is 5.55. The Hall–Kier alpha value is -1.06. The zero-order valence-corrected chi connectivity index (χ0v) is 19.6. The first-order valence-corrected chi connectivity index (χ1v) is 12.1. The first-order valence-electron chi connectivity index (χ1n) is 12.1. The SMILES string of the molecule is CC1CCC(C(=O)N(C)CC2CCC3(CC2)CCN(C(=O)C(C)(C)C)CC3)CC1. The van der Waals surface area contributed by atoms with Crippen LogP contribution < -0.4 is 0 Å². The van der Waals surface area contributed by atoms with Crippen molar-refractivity contribution in [3.8, 4) is 0 Å². The van der Waals surface area contributed by atoms with Crippen LogP contribution >= 0.6 is 0 Å². The number of piperidine rings is 1. The summed E-state index contributed by atoms with van der Waals surface area (Å²) in [5.41, 5.74) is 0.183. The third-order valence-electron chi connectivity index (χ3n) is 8.19. The molecule has 4 nitrogen and oxygen atoms in total. The maximum absolute atomic E-state index is 12.8. The van der Waals surface area contributed by atoms with Crippen molar-refractivity contribution in [1.82, 2.24) is 9.80 Å².